The summed E-state index contributed by atoms with van der Waals surface area (Å²) in [5, 5.41) is 3.51. The predicted octanol–water partition coefficient (Wildman–Crippen LogP) is 5.64. The van der Waals surface area contributed by atoms with Gasteiger partial charge in [-0.05, 0) is 58.6 Å². The summed E-state index contributed by atoms with van der Waals surface area (Å²) in [6.07, 6.45) is 5.09. The molecule has 0 spiro atoms. The average molecular weight is 351 g/mol. The number of unbranched alkanes of at least 4 members (excludes halogenated alkanes) is 1. The van der Waals surface area contributed by atoms with Gasteiger partial charge in [0.15, 0.2) is 0 Å². The molecule has 0 aliphatic heterocycles. The van der Waals surface area contributed by atoms with Gasteiger partial charge in [-0.2, -0.15) is 0 Å². The van der Waals surface area contributed by atoms with E-state index in [2.05, 4.69) is 39.2 Å². The molecule has 2 aromatic rings. The van der Waals surface area contributed by atoms with Crippen molar-refractivity contribution >= 4 is 21.6 Å². The summed E-state index contributed by atoms with van der Waals surface area (Å²) in [6.45, 7) is 4.19. The molecule has 112 valence electrons. The summed E-state index contributed by atoms with van der Waals surface area (Å²) < 4.78 is 14.0. The second kappa shape index (κ2) is 7.55. The van der Waals surface area contributed by atoms with Crippen LogP contribution < -0.4 is 5.32 Å². The first-order chi connectivity index (χ1) is 10.1. The highest BCUT2D eigenvalue weighted by molar-refractivity contribution is 9.10. The Balaban J connectivity index is 2.19. The highest BCUT2D eigenvalue weighted by Crippen LogP contribution is 2.26. The molecule has 0 aliphatic carbocycles. The van der Waals surface area contributed by atoms with E-state index in [9.17, 15) is 4.39 Å². The molecule has 2 nitrogen and oxygen atoms in total. The molecule has 1 atom stereocenters. The van der Waals surface area contributed by atoms with E-state index in [-0.39, 0.29) is 11.9 Å². The lowest BCUT2D eigenvalue weighted by Crippen LogP contribution is -2.11. The van der Waals surface area contributed by atoms with E-state index in [0.717, 1.165) is 40.7 Å². The van der Waals surface area contributed by atoms with Crippen molar-refractivity contribution < 1.29 is 4.39 Å². The second-order valence-corrected chi connectivity index (χ2v) is 5.97. The van der Waals surface area contributed by atoms with E-state index in [1.54, 1.807) is 0 Å². The number of rotatable bonds is 6. The molecule has 1 heterocycles. The third-order valence-electron chi connectivity index (χ3n) is 3.47. The minimum atomic E-state index is -0.200. The fourth-order valence-corrected chi connectivity index (χ4v) is 2.48. The van der Waals surface area contributed by atoms with Crippen molar-refractivity contribution in [1.82, 2.24) is 4.98 Å². The number of hydrogen-bond donors (Lipinski definition) is 1. The number of hydrogen-bond acceptors (Lipinski definition) is 2. The molecular weight excluding hydrogens is 331 g/mol. The van der Waals surface area contributed by atoms with E-state index in [1.807, 2.05) is 25.3 Å². The average Bonchev–Trinajstić information content (AvgIpc) is 2.48. The zero-order valence-corrected chi connectivity index (χ0v) is 14.0. The van der Waals surface area contributed by atoms with E-state index in [0.29, 0.717) is 0 Å². The molecule has 1 aromatic heterocycles. The maximum atomic E-state index is 13.1. The monoisotopic (exact) mass is 350 g/mol. The molecule has 0 amide bonds. The van der Waals surface area contributed by atoms with E-state index >= 15 is 0 Å². The lowest BCUT2D eigenvalue weighted by atomic mass is 10.0. The number of pyridine rings is 1. The van der Waals surface area contributed by atoms with Gasteiger partial charge in [0.1, 0.15) is 10.4 Å². The van der Waals surface area contributed by atoms with Crippen LogP contribution in [0.1, 0.15) is 43.4 Å². The van der Waals surface area contributed by atoms with Gasteiger partial charge in [0.2, 0.25) is 0 Å². The van der Waals surface area contributed by atoms with Crippen molar-refractivity contribution in [3.63, 3.8) is 0 Å². The minimum absolute atomic E-state index is 0.174. The zero-order chi connectivity index (χ0) is 15.2. The van der Waals surface area contributed by atoms with Crippen molar-refractivity contribution in [3.8, 4) is 0 Å². The summed E-state index contributed by atoms with van der Waals surface area (Å²) in [5.41, 5.74) is 3.18. The third kappa shape index (κ3) is 4.53. The quantitative estimate of drug-likeness (QED) is 0.682. The molecule has 1 N–H and O–H groups in total. The fourth-order valence-electron chi connectivity index (χ4n) is 2.26. The summed E-state index contributed by atoms with van der Waals surface area (Å²) in [5.74, 6) is -0.200. The fraction of sp³-hybridized carbons (Fsp3) is 0.353. The van der Waals surface area contributed by atoms with Gasteiger partial charge in [0, 0.05) is 0 Å². The highest BCUT2D eigenvalue weighted by Gasteiger charge is 2.12. The smallest absolute Gasteiger partial charge is 0.123 e. The van der Waals surface area contributed by atoms with Crippen LogP contribution in [0.15, 0.2) is 41.1 Å². The second-order valence-electron chi connectivity index (χ2n) is 5.22. The molecule has 0 bridgehead atoms. The Labute approximate surface area is 133 Å². The first-order valence-corrected chi connectivity index (χ1v) is 8.03. The molecule has 2 rings (SSSR count). The van der Waals surface area contributed by atoms with Gasteiger partial charge in [0.25, 0.3) is 0 Å². The lowest BCUT2D eigenvalue weighted by Gasteiger charge is -2.20. The largest absolute Gasteiger partial charge is 0.377 e. The van der Waals surface area contributed by atoms with Crippen molar-refractivity contribution in [3.05, 3.63) is 58.1 Å². The Morgan fingerprint density at radius 1 is 1.29 bits per heavy atom. The Morgan fingerprint density at radius 2 is 2.00 bits per heavy atom. The molecule has 0 aliphatic rings. The normalized spacial score (nSPS) is 12.2. The van der Waals surface area contributed by atoms with Crippen LogP contribution in [0.4, 0.5) is 10.1 Å². The number of nitrogens with zero attached hydrogens (tertiary/aromatic N) is 1. The van der Waals surface area contributed by atoms with Gasteiger partial charge < -0.3 is 5.32 Å². The SMILES string of the molecule is CCCCC(Nc1cnc(Br)c(C)c1)c1ccc(F)cc1. The summed E-state index contributed by atoms with van der Waals surface area (Å²) in [4.78, 5) is 4.31. The van der Waals surface area contributed by atoms with Crippen LogP contribution in [-0.2, 0) is 0 Å². The van der Waals surface area contributed by atoms with Crippen LogP contribution >= 0.6 is 15.9 Å². The Hall–Kier alpha value is -1.42. The highest BCUT2D eigenvalue weighted by atomic mass is 79.9. The van der Waals surface area contributed by atoms with Gasteiger partial charge in [-0.15, -0.1) is 0 Å². The van der Waals surface area contributed by atoms with E-state index in [4.69, 9.17) is 0 Å². The first-order valence-electron chi connectivity index (χ1n) is 7.24. The lowest BCUT2D eigenvalue weighted by molar-refractivity contribution is 0.616. The van der Waals surface area contributed by atoms with Crippen LogP contribution in [-0.4, -0.2) is 4.98 Å². The van der Waals surface area contributed by atoms with Crippen molar-refractivity contribution in [2.45, 2.75) is 39.2 Å². The third-order valence-corrected chi connectivity index (χ3v) is 4.30. The summed E-state index contributed by atoms with van der Waals surface area (Å²) in [7, 11) is 0. The van der Waals surface area contributed by atoms with Gasteiger partial charge in [0.05, 0.1) is 17.9 Å². The number of aryl methyl sites for hydroxylation is 1. The summed E-state index contributed by atoms with van der Waals surface area (Å²) in [6, 6.07) is 8.97. The molecule has 0 saturated heterocycles. The van der Waals surface area contributed by atoms with Crippen LogP contribution in [0, 0.1) is 12.7 Å². The molecule has 1 aromatic carbocycles. The van der Waals surface area contributed by atoms with Gasteiger partial charge in [-0.3, -0.25) is 0 Å². The Morgan fingerprint density at radius 3 is 2.62 bits per heavy atom. The number of anilines is 1. The predicted molar refractivity (Wildman–Crippen MR) is 89.0 cm³/mol. The van der Waals surface area contributed by atoms with Crippen molar-refractivity contribution in [2.24, 2.45) is 0 Å². The maximum Gasteiger partial charge on any atom is 0.123 e. The standard InChI is InChI=1S/C17H20BrFN2/c1-3-4-5-16(13-6-8-14(19)9-7-13)21-15-10-12(2)17(18)20-11-15/h6-11,16,21H,3-5H2,1-2H3. The molecule has 1 unspecified atom stereocenters. The number of benzene rings is 1. The van der Waals surface area contributed by atoms with Crippen molar-refractivity contribution in [1.29, 1.82) is 0 Å². The van der Waals surface area contributed by atoms with Crippen LogP contribution in [0.2, 0.25) is 0 Å². The van der Waals surface area contributed by atoms with E-state index < -0.39 is 0 Å². The Kier molecular flexibility index (Phi) is 5.74. The number of aromatic nitrogens is 1. The molecule has 0 saturated carbocycles. The van der Waals surface area contributed by atoms with Gasteiger partial charge in [-0.1, -0.05) is 31.9 Å². The molecule has 0 fully saturated rings. The van der Waals surface area contributed by atoms with Crippen LogP contribution in [0.5, 0.6) is 0 Å². The van der Waals surface area contributed by atoms with Crippen LogP contribution in [0.25, 0.3) is 0 Å². The molecule has 0 radical (unpaired) electrons. The van der Waals surface area contributed by atoms with Gasteiger partial charge in [-0.25, -0.2) is 9.37 Å². The summed E-state index contributed by atoms with van der Waals surface area (Å²) >= 11 is 3.41. The first kappa shape index (κ1) is 16.0. The maximum absolute atomic E-state index is 13.1. The molecular formula is C17H20BrFN2. The number of halogens is 2. The zero-order valence-electron chi connectivity index (χ0n) is 12.4. The van der Waals surface area contributed by atoms with E-state index in [1.165, 1.54) is 12.1 Å². The Bertz CT molecular complexity index is 584. The minimum Gasteiger partial charge on any atom is -0.377 e. The molecule has 4 heteroatoms. The molecule has 21 heavy (non-hydrogen) atoms. The van der Waals surface area contributed by atoms with Crippen LogP contribution in [0.3, 0.4) is 0 Å². The van der Waals surface area contributed by atoms with Gasteiger partial charge >= 0.3 is 0 Å². The van der Waals surface area contributed by atoms with Crippen molar-refractivity contribution in [2.75, 3.05) is 5.32 Å². The topological polar surface area (TPSA) is 24.9 Å². The number of nitrogens with one attached hydrogen (secondary N) is 1.